The Morgan fingerprint density at radius 1 is 1.37 bits per heavy atom. The Labute approximate surface area is 160 Å². The van der Waals surface area contributed by atoms with Gasteiger partial charge in [0.1, 0.15) is 0 Å². The van der Waals surface area contributed by atoms with Crippen LogP contribution in [0.5, 0.6) is 0 Å². The van der Waals surface area contributed by atoms with Gasteiger partial charge in [-0.1, -0.05) is 12.1 Å². The second-order valence-corrected chi connectivity index (χ2v) is 7.79. The molecular weight excluding hydrogens is 362 g/mol. The summed E-state index contributed by atoms with van der Waals surface area (Å²) in [5, 5.41) is 4.02. The number of nitrogens with one attached hydrogen (secondary N) is 2. The van der Waals surface area contributed by atoms with E-state index in [0.717, 1.165) is 42.0 Å². The molecule has 7 nitrogen and oxygen atoms in total. The van der Waals surface area contributed by atoms with Gasteiger partial charge in [0.05, 0.1) is 27.2 Å². The quantitative estimate of drug-likeness (QED) is 0.724. The summed E-state index contributed by atoms with van der Waals surface area (Å²) in [6.45, 7) is 1.87. The number of thiazole rings is 1. The Morgan fingerprint density at radius 3 is 3.11 bits per heavy atom. The van der Waals surface area contributed by atoms with Gasteiger partial charge in [-0.25, -0.2) is 14.8 Å². The van der Waals surface area contributed by atoms with Gasteiger partial charge in [0.15, 0.2) is 0 Å². The molecule has 0 radical (unpaired) electrons. The first-order chi connectivity index (χ1) is 13.2. The van der Waals surface area contributed by atoms with Crippen molar-refractivity contribution in [2.45, 2.75) is 25.2 Å². The summed E-state index contributed by atoms with van der Waals surface area (Å²) in [4.78, 5) is 37.2. The maximum atomic E-state index is 12.5. The molecule has 1 fully saturated rings. The van der Waals surface area contributed by atoms with Crippen LogP contribution in [-0.4, -0.2) is 45.5 Å². The molecule has 3 heterocycles. The topological polar surface area (TPSA) is 91.0 Å². The normalized spacial score (nSPS) is 17.2. The van der Waals surface area contributed by atoms with Crippen molar-refractivity contribution in [2.24, 2.45) is 0 Å². The number of para-hydroxylation sites is 1. The maximum absolute atomic E-state index is 12.5. The summed E-state index contributed by atoms with van der Waals surface area (Å²) < 4.78 is 1.17. The molecule has 8 heteroatoms. The number of piperidine rings is 1. The zero-order valence-corrected chi connectivity index (χ0v) is 15.7. The summed E-state index contributed by atoms with van der Waals surface area (Å²) in [5.74, 6) is 0.107. The predicted molar refractivity (Wildman–Crippen MR) is 105 cm³/mol. The molecule has 0 spiro atoms. The van der Waals surface area contributed by atoms with Crippen molar-refractivity contribution in [1.82, 2.24) is 25.2 Å². The lowest BCUT2D eigenvalue weighted by Gasteiger charge is -2.32. The average molecular weight is 383 g/mol. The number of hydrogen-bond acceptors (Lipinski definition) is 5. The van der Waals surface area contributed by atoms with Crippen LogP contribution < -0.4 is 10.9 Å². The van der Waals surface area contributed by atoms with Crippen LogP contribution in [0, 0.1) is 0 Å². The minimum Gasteiger partial charge on any atom is -0.338 e. The fourth-order valence-corrected chi connectivity index (χ4v) is 4.39. The molecule has 2 N–H and O–H groups in total. The van der Waals surface area contributed by atoms with E-state index in [-0.39, 0.29) is 17.5 Å². The molecule has 0 bridgehead atoms. The average Bonchev–Trinajstić information content (AvgIpc) is 3.11. The highest BCUT2D eigenvalue weighted by molar-refractivity contribution is 7.18. The Balaban J connectivity index is 1.31. The van der Waals surface area contributed by atoms with E-state index < -0.39 is 0 Å². The molecule has 1 unspecified atom stereocenters. The lowest BCUT2D eigenvalue weighted by molar-refractivity contribution is 0.179. The molecule has 27 heavy (non-hydrogen) atoms. The van der Waals surface area contributed by atoms with E-state index in [0.29, 0.717) is 13.1 Å². The zero-order chi connectivity index (χ0) is 18.6. The van der Waals surface area contributed by atoms with Gasteiger partial charge in [0.25, 0.3) is 5.56 Å². The lowest BCUT2D eigenvalue weighted by Crippen LogP contribution is -2.45. The minimum atomic E-state index is -0.155. The molecule has 3 aromatic rings. The zero-order valence-electron chi connectivity index (χ0n) is 14.9. The fourth-order valence-electron chi connectivity index (χ4n) is 3.42. The number of fused-ring (bicyclic) bond motifs is 1. The number of carbonyl (C=O) groups is 1. The smallest absolute Gasteiger partial charge is 0.317 e. The summed E-state index contributed by atoms with van der Waals surface area (Å²) in [7, 11) is 0. The second kappa shape index (κ2) is 7.87. The third-order valence-corrected chi connectivity index (χ3v) is 5.88. The molecule has 0 aliphatic carbocycles. The lowest BCUT2D eigenvalue weighted by atomic mass is 9.95. The van der Waals surface area contributed by atoms with Gasteiger partial charge in [0, 0.05) is 38.0 Å². The third-order valence-electron chi connectivity index (χ3n) is 4.78. The molecular formula is C19H21N5O2S. The molecule has 4 rings (SSSR count). The van der Waals surface area contributed by atoms with E-state index in [1.807, 2.05) is 23.1 Å². The van der Waals surface area contributed by atoms with Crippen LogP contribution in [0.3, 0.4) is 0 Å². The van der Waals surface area contributed by atoms with E-state index in [2.05, 4.69) is 26.3 Å². The largest absolute Gasteiger partial charge is 0.338 e. The number of nitrogens with zero attached hydrogens (tertiary/aromatic N) is 3. The second-order valence-electron chi connectivity index (χ2n) is 6.68. The third kappa shape index (κ3) is 4.16. The minimum absolute atomic E-state index is 0.0642. The van der Waals surface area contributed by atoms with Crippen LogP contribution in [0.1, 0.15) is 29.5 Å². The SMILES string of the molecule is O=C(NCCc1nc2ccccc2s1)N1CCCC(c2cc(=O)[nH]cn2)C1. The maximum Gasteiger partial charge on any atom is 0.317 e. The van der Waals surface area contributed by atoms with Gasteiger partial charge < -0.3 is 15.2 Å². The Morgan fingerprint density at radius 2 is 2.26 bits per heavy atom. The molecule has 0 saturated carbocycles. The van der Waals surface area contributed by atoms with Crippen LogP contribution in [-0.2, 0) is 6.42 Å². The Hall–Kier alpha value is -2.74. The van der Waals surface area contributed by atoms with Crippen molar-refractivity contribution in [3.63, 3.8) is 0 Å². The number of hydrogen-bond donors (Lipinski definition) is 2. The molecule has 140 valence electrons. The Kier molecular flexibility index (Phi) is 5.15. The van der Waals surface area contributed by atoms with Gasteiger partial charge >= 0.3 is 6.03 Å². The highest BCUT2D eigenvalue weighted by Crippen LogP contribution is 2.25. The van der Waals surface area contributed by atoms with Crippen LogP contribution in [0.4, 0.5) is 4.79 Å². The van der Waals surface area contributed by atoms with Crippen molar-refractivity contribution >= 4 is 27.6 Å². The number of carbonyl (C=O) groups excluding carboxylic acids is 1. The van der Waals surface area contributed by atoms with Crippen LogP contribution >= 0.6 is 11.3 Å². The number of urea groups is 1. The van der Waals surface area contributed by atoms with Crippen molar-refractivity contribution < 1.29 is 4.79 Å². The number of H-pyrrole nitrogens is 1. The summed E-state index contributed by atoms with van der Waals surface area (Å²) in [5.41, 5.74) is 1.61. The predicted octanol–water partition coefficient (Wildman–Crippen LogP) is 2.51. The molecule has 2 aromatic heterocycles. The first-order valence-electron chi connectivity index (χ1n) is 9.11. The van der Waals surface area contributed by atoms with Crippen LogP contribution in [0.15, 0.2) is 41.5 Å². The summed E-state index contributed by atoms with van der Waals surface area (Å²) >= 11 is 1.67. The first kappa shape index (κ1) is 17.7. The molecule has 2 amide bonds. The monoisotopic (exact) mass is 383 g/mol. The van der Waals surface area contributed by atoms with E-state index >= 15 is 0 Å². The molecule has 1 aromatic carbocycles. The van der Waals surface area contributed by atoms with Crippen LogP contribution in [0.2, 0.25) is 0 Å². The number of amides is 2. The van der Waals surface area contributed by atoms with Gasteiger partial charge in [-0.2, -0.15) is 0 Å². The highest BCUT2D eigenvalue weighted by atomic mass is 32.1. The van der Waals surface area contributed by atoms with Crippen LogP contribution in [0.25, 0.3) is 10.2 Å². The highest BCUT2D eigenvalue weighted by Gasteiger charge is 2.25. The van der Waals surface area contributed by atoms with Gasteiger partial charge in [0.2, 0.25) is 0 Å². The van der Waals surface area contributed by atoms with E-state index in [1.165, 1.54) is 17.1 Å². The molecule has 1 aliphatic heterocycles. The standard InChI is InChI=1S/C19H21N5O2S/c25-17-10-15(21-12-22-17)13-4-3-9-24(11-13)19(26)20-8-7-18-23-14-5-1-2-6-16(14)27-18/h1-2,5-6,10,12-13H,3-4,7-9,11H2,(H,20,26)(H,21,22,25). The van der Waals surface area contributed by atoms with Gasteiger partial charge in [-0.05, 0) is 25.0 Å². The van der Waals surface area contributed by atoms with Crippen molar-refractivity contribution in [3.05, 3.63) is 57.7 Å². The molecule has 1 aliphatic rings. The summed E-state index contributed by atoms with van der Waals surface area (Å²) in [6, 6.07) is 9.52. The van der Waals surface area contributed by atoms with Gasteiger partial charge in [-0.15, -0.1) is 11.3 Å². The Bertz CT molecular complexity index is 966. The van der Waals surface area contributed by atoms with Gasteiger partial charge in [-0.3, -0.25) is 4.79 Å². The number of rotatable bonds is 4. The number of aromatic nitrogens is 3. The number of benzene rings is 1. The van der Waals surface area contributed by atoms with E-state index in [4.69, 9.17) is 0 Å². The molecule has 1 saturated heterocycles. The molecule has 1 atom stereocenters. The van der Waals surface area contributed by atoms with Crippen molar-refractivity contribution in [3.8, 4) is 0 Å². The van der Waals surface area contributed by atoms with E-state index in [1.54, 1.807) is 11.3 Å². The van der Waals surface area contributed by atoms with Crippen molar-refractivity contribution in [1.29, 1.82) is 0 Å². The summed E-state index contributed by atoms with van der Waals surface area (Å²) in [6.07, 6.45) is 3.99. The first-order valence-corrected chi connectivity index (χ1v) is 9.92. The fraction of sp³-hybridized carbons (Fsp3) is 0.368. The van der Waals surface area contributed by atoms with E-state index in [9.17, 15) is 9.59 Å². The number of likely N-dealkylation sites (tertiary alicyclic amines) is 1. The van der Waals surface area contributed by atoms with Crippen molar-refractivity contribution in [2.75, 3.05) is 19.6 Å². The number of aromatic amines is 1.